The number of carbonyl (C=O) groups excluding carboxylic acids is 1. The molecule has 7 heteroatoms. The number of hydrogen-bond donors (Lipinski definition) is 2. The molecule has 7 nitrogen and oxygen atoms in total. The number of carbonyl (C=O) groups is 2. The van der Waals surface area contributed by atoms with Gasteiger partial charge in [0.2, 0.25) is 5.91 Å². The summed E-state index contributed by atoms with van der Waals surface area (Å²) in [5.74, 6) is -1.22. The van der Waals surface area contributed by atoms with Gasteiger partial charge in [0, 0.05) is 18.7 Å². The highest BCUT2D eigenvalue weighted by Gasteiger charge is 2.08. The Morgan fingerprint density at radius 3 is 2.09 bits per heavy atom. The highest BCUT2D eigenvalue weighted by atomic mass is 16.6. The number of amides is 1. The van der Waals surface area contributed by atoms with Crippen LogP contribution >= 0.6 is 0 Å². The number of nitrogens with zero attached hydrogens (tertiary/aromatic N) is 1. The smallest absolute Gasteiger partial charge is 0.335 e. The van der Waals surface area contributed by atoms with Crippen molar-refractivity contribution in [1.29, 1.82) is 0 Å². The molecule has 0 spiro atoms. The van der Waals surface area contributed by atoms with Gasteiger partial charge < -0.3 is 10.4 Å². The van der Waals surface area contributed by atoms with Gasteiger partial charge in [-0.25, -0.2) is 4.79 Å². The Hall–Kier alpha value is -3.22. The minimum Gasteiger partial charge on any atom is -0.478 e. The molecule has 2 rings (SSSR count). The van der Waals surface area contributed by atoms with Crippen LogP contribution < -0.4 is 5.32 Å². The average molecular weight is 314 g/mol. The molecule has 0 aliphatic carbocycles. The van der Waals surface area contributed by atoms with E-state index in [1.54, 1.807) is 24.3 Å². The topological polar surface area (TPSA) is 110 Å². The summed E-state index contributed by atoms with van der Waals surface area (Å²) in [5.41, 5.74) is 1.63. The maximum absolute atomic E-state index is 11.8. The van der Waals surface area contributed by atoms with Crippen molar-refractivity contribution in [3.05, 3.63) is 75.3 Å². The third-order valence-corrected chi connectivity index (χ3v) is 3.20. The second-order valence-corrected chi connectivity index (χ2v) is 4.88. The number of nitrogens with one attached hydrogen (secondary N) is 1. The summed E-state index contributed by atoms with van der Waals surface area (Å²) in [7, 11) is 0. The molecule has 2 aromatic rings. The van der Waals surface area contributed by atoms with E-state index in [4.69, 9.17) is 5.11 Å². The molecule has 0 heterocycles. The average Bonchev–Trinajstić information content (AvgIpc) is 2.54. The summed E-state index contributed by atoms with van der Waals surface area (Å²) in [4.78, 5) is 32.6. The number of non-ortho nitro benzene ring substituents is 1. The van der Waals surface area contributed by atoms with Crippen LogP contribution in [0.15, 0.2) is 48.5 Å². The van der Waals surface area contributed by atoms with E-state index in [0.29, 0.717) is 5.56 Å². The SMILES string of the molecule is O=C(Cc1ccc([N+](=O)[O-])cc1)NCc1ccc(C(=O)O)cc1. The largest absolute Gasteiger partial charge is 0.478 e. The van der Waals surface area contributed by atoms with Crippen LogP contribution in [0.2, 0.25) is 0 Å². The first kappa shape index (κ1) is 16.2. The second-order valence-electron chi connectivity index (χ2n) is 4.88. The van der Waals surface area contributed by atoms with Crippen LogP contribution in [0.5, 0.6) is 0 Å². The van der Waals surface area contributed by atoms with Crippen LogP contribution in [-0.4, -0.2) is 21.9 Å². The molecule has 0 atom stereocenters. The Morgan fingerprint density at radius 2 is 1.57 bits per heavy atom. The van der Waals surface area contributed by atoms with Gasteiger partial charge in [-0.3, -0.25) is 14.9 Å². The van der Waals surface area contributed by atoms with E-state index in [1.807, 2.05) is 0 Å². The zero-order valence-corrected chi connectivity index (χ0v) is 12.1. The van der Waals surface area contributed by atoms with Crippen molar-refractivity contribution in [3.8, 4) is 0 Å². The lowest BCUT2D eigenvalue weighted by molar-refractivity contribution is -0.384. The van der Waals surface area contributed by atoms with E-state index in [-0.39, 0.29) is 30.1 Å². The van der Waals surface area contributed by atoms with Crippen molar-refractivity contribution in [1.82, 2.24) is 5.32 Å². The standard InChI is InChI=1S/C16H14N2O5/c19-15(9-11-3-7-14(8-4-11)18(22)23)17-10-12-1-5-13(6-2-12)16(20)21/h1-8H,9-10H2,(H,17,19)(H,20,21). The first-order chi connectivity index (χ1) is 11.0. The van der Waals surface area contributed by atoms with Crippen molar-refractivity contribution in [3.63, 3.8) is 0 Å². The van der Waals surface area contributed by atoms with Gasteiger partial charge in [-0.1, -0.05) is 24.3 Å². The van der Waals surface area contributed by atoms with E-state index in [0.717, 1.165) is 5.56 Å². The Labute approximate surface area is 131 Å². The van der Waals surface area contributed by atoms with E-state index in [2.05, 4.69) is 5.32 Å². The predicted molar refractivity (Wildman–Crippen MR) is 82.0 cm³/mol. The molecule has 0 fully saturated rings. The van der Waals surface area contributed by atoms with Gasteiger partial charge in [-0.15, -0.1) is 0 Å². The van der Waals surface area contributed by atoms with Gasteiger partial charge in [0.25, 0.3) is 5.69 Å². The molecule has 2 N–H and O–H groups in total. The van der Waals surface area contributed by atoms with Crippen molar-refractivity contribution < 1.29 is 19.6 Å². The molecule has 0 aliphatic rings. The van der Waals surface area contributed by atoms with Crippen molar-refractivity contribution in [2.24, 2.45) is 0 Å². The van der Waals surface area contributed by atoms with Crippen molar-refractivity contribution >= 4 is 17.6 Å². The van der Waals surface area contributed by atoms with Gasteiger partial charge in [0.05, 0.1) is 16.9 Å². The van der Waals surface area contributed by atoms with Crippen LogP contribution in [0, 0.1) is 10.1 Å². The van der Waals surface area contributed by atoms with Crippen LogP contribution in [0.1, 0.15) is 21.5 Å². The molecule has 0 bridgehead atoms. The molecule has 23 heavy (non-hydrogen) atoms. The lowest BCUT2D eigenvalue weighted by Crippen LogP contribution is -2.24. The molecular weight excluding hydrogens is 300 g/mol. The Bertz CT molecular complexity index is 723. The Kier molecular flexibility index (Phi) is 5.03. The molecule has 0 aliphatic heterocycles. The minimum absolute atomic E-state index is 0.0207. The molecule has 0 unspecified atom stereocenters. The van der Waals surface area contributed by atoms with Gasteiger partial charge in [0.1, 0.15) is 0 Å². The Morgan fingerprint density at radius 1 is 1.00 bits per heavy atom. The summed E-state index contributed by atoms with van der Waals surface area (Å²) in [6, 6.07) is 12.0. The summed E-state index contributed by atoms with van der Waals surface area (Å²) in [5, 5.41) is 22.1. The molecule has 0 radical (unpaired) electrons. The van der Waals surface area contributed by atoms with E-state index in [9.17, 15) is 19.7 Å². The van der Waals surface area contributed by atoms with Crippen molar-refractivity contribution in [2.75, 3.05) is 0 Å². The van der Waals surface area contributed by atoms with Gasteiger partial charge >= 0.3 is 5.97 Å². The number of aromatic carboxylic acids is 1. The van der Waals surface area contributed by atoms with E-state index < -0.39 is 10.9 Å². The normalized spacial score (nSPS) is 10.1. The number of rotatable bonds is 6. The maximum Gasteiger partial charge on any atom is 0.335 e. The predicted octanol–water partition coefficient (Wildman–Crippen LogP) is 2.15. The lowest BCUT2D eigenvalue weighted by atomic mass is 10.1. The first-order valence-electron chi connectivity index (χ1n) is 6.78. The molecule has 118 valence electrons. The number of benzene rings is 2. The van der Waals surface area contributed by atoms with Gasteiger partial charge in [0.15, 0.2) is 0 Å². The highest BCUT2D eigenvalue weighted by Crippen LogP contribution is 2.12. The number of nitro benzene ring substituents is 1. The van der Waals surface area contributed by atoms with Crippen LogP contribution in [0.3, 0.4) is 0 Å². The summed E-state index contributed by atoms with van der Waals surface area (Å²) in [6.07, 6.45) is 0.116. The van der Waals surface area contributed by atoms with Crippen LogP contribution in [-0.2, 0) is 17.8 Å². The molecule has 0 aromatic heterocycles. The number of carboxylic acids is 1. The number of carboxylic acid groups (broad SMARTS) is 1. The van der Waals surface area contributed by atoms with Gasteiger partial charge in [-0.05, 0) is 23.3 Å². The zero-order valence-electron chi connectivity index (χ0n) is 12.1. The lowest BCUT2D eigenvalue weighted by Gasteiger charge is -2.06. The second kappa shape index (κ2) is 7.17. The maximum atomic E-state index is 11.8. The number of hydrogen-bond acceptors (Lipinski definition) is 4. The minimum atomic E-state index is -1.00. The number of nitro groups is 1. The fraction of sp³-hybridized carbons (Fsp3) is 0.125. The Balaban J connectivity index is 1.87. The molecule has 0 saturated carbocycles. The quantitative estimate of drug-likeness (QED) is 0.627. The van der Waals surface area contributed by atoms with E-state index >= 15 is 0 Å². The molecule has 0 saturated heterocycles. The molecular formula is C16H14N2O5. The van der Waals surface area contributed by atoms with Crippen molar-refractivity contribution in [2.45, 2.75) is 13.0 Å². The van der Waals surface area contributed by atoms with Crippen LogP contribution in [0.4, 0.5) is 5.69 Å². The summed E-state index contributed by atoms with van der Waals surface area (Å²) < 4.78 is 0. The molecule has 2 aromatic carbocycles. The first-order valence-corrected chi connectivity index (χ1v) is 6.78. The van der Waals surface area contributed by atoms with E-state index in [1.165, 1.54) is 24.3 Å². The third-order valence-electron chi connectivity index (χ3n) is 3.20. The molecule has 1 amide bonds. The summed E-state index contributed by atoms with van der Waals surface area (Å²) >= 11 is 0. The van der Waals surface area contributed by atoms with Gasteiger partial charge in [-0.2, -0.15) is 0 Å². The fourth-order valence-corrected chi connectivity index (χ4v) is 1.95. The van der Waals surface area contributed by atoms with Crippen LogP contribution in [0.25, 0.3) is 0 Å². The zero-order chi connectivity index (χ0) is 16.8. The third kappa shape index (κ3) is 4.63. The highest BCUT2D eigenvalue weighted by molar-refractivity contribution is 5.87. The summed E-state index contributed by atoms with van der Waals surface area (Å²) in [6.45, 7) is 0.283. The monoisotopic (exact) mass is 314 g/mol. The fourth-order valence-electron chi connectivity index (χ4n) is 1.95.